The van der Waals surface area contributed by atoms with Crippen LogP contribution in [0.25, 0.3) is 0 Å². The number of methoxy groups -OCH3 is 1. The van der Waals surface area contributed by atoms with Gasteiger partial charge in [-0.2, -0.15) is 0 Å². The predicted octanol–water partition coefficient (Wildman–Crippen LogP) is 0.547. The molecule has 110 valence electrons. The average Bonchev–Trinajstić information content (AvgIpc) is 2.41. The van der Waals surface area contributed by atoms with E-state index in [0.717, 1.165) is 11.1 Å². The van der Waals surface area contributed by atoms with Gasteiger partial charge in [0.05, 0.1) is 7.11 Å². The summed E-state index contributed by atoms with van der Waals surface area (Å²) in [7, 11) is 1.31. The highest BCUT2D eigenvalue weighted by atomic mass is 16.5. The minimum Gasteiger partial charge on any atom is -0.504 e. The second kappa shape index (κ2) is 6.76. The van der Waals surface area contributed by atoms with Gasteiger partial charge >= 0.3 is 5.97 Å². The van der Waals surface area contributed by atoms with Crippen LogP contribution in [0.4, 0.5) is 0 Å². The summed E-state index contributed by atoms with van der Waals surface area (Å²) in [5.74, 6) is -1.30. The molecule has 0 bridgehead atoms. The number of carbonyl (C=O) groups excluding carboxylic acids is 1. The van der Waals surface area contributed by atoms with E-state index < -0.39 is 12.0 Å². The van der Waals surface area contributed by atoms with Crippen molar-refractivity contribution in [3.63, 3.8) is 0 Å². The van der Waals surface area contributed by atoms with E-state index in [4.69, 9.17) is 9.90 Å². The van der Waals surface area contributed by atoms with Gasteiger partial charge in [0.25, 0.3) is 6.47 Å². The Morgan fingerprint density at radius 1 is 1.40 bits per heavy atom. The van der Waals surface area contributed by atoms with Gasteiger partial charge in [0.2, 0.25) is 0 Å². The van der Waals surface area contributed by atoms with Crippen LogP contribution in [0.3, 0.4) is 0 Å². The molecule has 0 radical (unpaired) electrons. The zero-order valence-corrected chi connectivity index (χ0v) is 11.2. The van der Waals surface area contributed by atoms with E-state index in [1.54, 1.807) is 0 Å². The summed E-state index contributed by atoms with van der Waals surface area (Å²) in [6.07, 6.45) is 0.308. The molecule has 1 aliphatic rings. The molecule has 1 heterocycles. The molecule has 0 amide bonds. The van der Waals surface area contributed by atoms with Gasteiger partial charge in [-0.15, -0.1) is 0 Å². The lowest BCUT2D eigenvalue weighted by Gasteiger charge is -2.29. The molecule has 2 unspecified atom stereocenters. The van der Waals surface area contributed by atoms with Crippen molar-refractivity contribution in [2.24, 2.45) is 0 Å². The Morgan fingerprint density at radius 3 is 2.45 bits per heavy atom. The van der Waals surface area contributed by atoms with E-state index in [1.165, 1.54) is 19.2 Å². The van der Waals surface area contributed by atoms with Crippen molar-refractivity contribution >= 4 is 12.4 Å². The molecule has 0 aliphatic carbocycles. The zero-order valence-electron chi connectivity index (χ0n) is 11.2. The van der Waals surface area contributed by atoms with Crippen LogP contribution in [0.15, 0.2) is 12.1 Å². The Kier molecular flexibility index (Phi) is 5.33. The third kappa shape index (κ3) is 3.61. The van der Waals surface area contributed by atoms with Gasteiger partial charge in [-0.1, -0.05) is 0 Å². The maximum absolute atomic E-state index is 10.9. The molecule has 2 rings (SSSR count). The summed E-state index contributed by atoms with van der Waals surface area (Å²) in [5.41, 5.74) is 1.58. The van der Waals surface area contributed by atoms with Gasteiger partial charge in [-0.3, -0.25) is 14.9 Å². The van der Waals surface area contributed by atoms with Crippen molar-refractivity contribution in [1.82, 2.24) is 5.32 Å². The summed E-state index contributed by atoms with van der Waals surface area (Å²) in [4.78, 5) is 19.8. The molecule has 0 saturated carbocycles. The standard InChI is InChI=1S/C11H13NO4.C2H4O2/c1-5-7-4-10(14)9(13)3-6(7)2-8(12-5)11(15)16;1-4-2-3/h3-5,8,12-14H,2H2,1H3,(H,15,16);2H,1H3. The SMILES string of the molecule is CC1NC(C(=O)O)Cc2cc(O)c(O)cc21.COC=O. The second-order valence-electron chi connectivity index (χ2n) is 4.35. The summed E-state index contributed by atoms with van der Waals surface area (Å²) in [6, 6.07) is 2.10. The molecule has 1 aromatic rings. The molecule has 0 spiro atoms. The van der Waals surface area contributed by atoms with Crippen molar-refractivity contribution < 1.29 is 29.6 Å². The molecular weight excluding hydrogens is 266 g/mol. The van der Waals surface area contributed by atoms with E-state index in [9.17, 15) is 15.0 Å². The van der Waals surface area contributed by atoms with Gasteiger partial charge in [0.15, 0.2) is 11.5 Å². The number of benzene rings is 1. The first-order valence-electron chi connectivity index (χ1n) is 5.90. The maximum Gasteiger partial charge on any atom is 0.321 e. The lowest BCUT2D eigenvalue weighted by atomic mass is 9.90. The second-order valence-corrected chi connectivity index (χ2v) is 4.35. The van der Waals surface area contributed by atoms with Gasteiger partial charge < -0.3 is 20.1 Å². The normalized spacial score (nSPS) is 20.1. The molecule has 7 heteroatoms. The van der Waals surface area contributed by atoms with Crippen LogP contribution in [0, 0.1) is 0 Å². The number of fused-ring (bicyclic) bond motifs is 1. The first kappa shape index (κ1) is 15.8. The van der Waals surface area contributed by atoms with Gasteiger partial charge in [0.1, 0.15) is 6.04 Å². The summed E-state index contributed by atoms with van der Waals surface area (Å²) in [6.45, 7) is 2.20. The topological polar surface area (TPSA) is 116 Å². The number of carboxylic acids is 1. The molecule has 20 heavy (non-hydrogen) atoms. The Hall–Kier alpha value is -2.28. The minimum atomic E-state index is -0.912. The fourth-order valence-corrected chi connectivity index (χ4v) is 2.05. The Balaban J connectivity index is 0.000000444. The lowest BCUT2D eigenvalue weighted by molar-refractivity contribution is -0.139. The fraction of sp³-hybridized carbons (Fsp3) is 0.385. The summed E-state index contributed by atoms with van der Waals surface area (Å²) >= 11 is 0. The number of hydrogen-bond donors (Lipinski definition) is 4. The van der Waals surface area contributed by atoms with E-state index in [2.05, 4.69) is 10.1 Å². The first-order chi connectivity index (χ1) is 9.40. The van der Waals surface area contributed by atoms with Crippen LogP contribution in [0.1, 0.15) is 24.1 Å². The smallest absolute Gasteiger partial charge is 0.321 e. The van der Waals surface area contributed by atoms with Crippen molar-refractivity contribution in [3.8, 4) is 11.5 Å². The van der Waals surface area contributed by atoms with Crippen molar-refractivity contribution in [1.29, 1.82) is 0 Å². The van der Waals surface area contributed by atoms with E-state index in [1.807, 2.05) is 6.92 Å². The van der Waals surface area contributed by atoms with Gasteiger partial charge in [-0.25, -0.2) is 0 Å². The number of phenolic OH excluding ortho intramolecular Hbond substituents is 2. The van der Waals surface area contributed by atoms with Crippen LogP contribution in [-0.4, -0.2) is 40.9 Å². The van der Waals surface area contributed by atoms with Crippen LogP contribution in [0.2, 0.25) is 0 Å². The number of carboxylic acid groups (broad SMARTS) is 1. The molecular formula is C13H17NO6. The van der Waals surface area contributed by atoms with Crippen molar-refractivity contribution in [2.45, 2.75) is 25.4 Å². The Morgan fingerprint density at radius 2 is 1.95 bits per heavy atom. The molecule has 4 N–H and O–H groups in total. The molecule has 0 fully saturated rings. The van der Waals surface area contributed by atoms with Crippen LogP contribution in [-0.2, 0) is 20.7 Å². The fourth-order valence-electron chi connectivity index (χ4n) is 2.05. The Bertz CT molecular complexity index is 502. The van der Waals surface area contributed by atoms with Crippen molar-refractivity contribution in [3.05, 3.63) is 23.3 Å². The number of nitrogens with one attached hydrogen (secondary N) is 1. The van der Waals surface area contributed by atoms with Gasteiger partial charge in [-0.05, 0) is 36.6 Å². The third-order valence-corrected chi connectivity index (χ3v) is 2.97. The summed E-state index contributed by atoms with van der Waals surface area (Å²) < 4.78 is 3.86. The zero-order chi connectivity index (χ0) is 15.3. The third-order valence-electron chi connectivity index (χ3n) is 2.97. The van der Waals surface area contributed by atoms with E-state index >= 15 is 0 Å². The predicted molar refractivity (Wildman–Crippen MR) is 69.5 cm³/mol. The van der Waals surface area contributed by atoms with Gasteiger partial charge in [0, 0.05) is 6.04 Å². The highest BCUT2D eigenvalue weighted by Gasteiger charge is 2.28. The highest BCUT2D eigenvalue weighted by molar-refractivity contribution is 5.74. The largest absolute Gasteiger partial charge is 0.504 e. The molecule has 1 aromatic carbocycles. The molecule has 7 nitrogen and oxygen atoms in total. The van der Waals surface area contributed by atoms with Crippen LogP contribution < -0.4 is 5.32 Å². The number of phenols is 2. The van der Waals surface area contributed by atoms with Crippen LogP contribution in [0.5, 0.6) is 11.5 Å². The molecule has 1 aliphatic heterocycles. The number of aromatic hydroxyl groups is 2. The monoisotopic (exact) mass is 283 g/mol. The summed E-state index contributed by atoms with van der Waals surface area (Å²) in [5, 5.41) is 30.6. The number of carbonyl (C=O) groups is 2. The number of rotatable bonds is 2. The van der Waals surface area contributed by atoms with E-state index in [0.29, 0.717) is 12.9 Å². The molecule has 0 saturated heterocycles. The Labute approximate surface area is 115 Å². The minimum absolute atomic E-state index is 0.156. The average molecular weight is 283 g/mol. The number of hydrogen-bond acceptors (Lipinski definition) is 6. The number of aliphatic carboxylic acids is 1. The first-order valence-corrected chi connectivity index (χ1v) is 5.90. The lowest BCUT2D eigenvalue weighted by Crippen LogP contribution is -2.43. The highest BCUT2D eigenvalue weighted by Crippen LogP contribution is 2.34. The quantitative estimate of drug-likeness (QED) is 0.462. The molecule has 2 atom stereocenters. The van der Waals surface area contributed by atoms with Crippen molar-refractivity contribution in [2.75, 3.05) is 7.11 Å². The number of ether oxygens (including phenoxy) is 1. The maximum atomic E-state index is 10.9. The molecule has 0 aromatic heterocycles. The van der Waals surface area contributed by atoms with Crippen LogP contribution >= 0.6 is 0 Å². The van der Waals surface area contributed by atoms with E-state index in [-0.39, 0.29) is 17.5 Å².